The maximum atomic E-state index is 5.79. The topological polar surface area (TPSA) is 12.5 Å². The number of benzene rings is 1. The zero-order valence-corrected chi connectivity index (χ0v) is 10.3. The first-order valence-electron chi connectivity index (χ1n) is 6.84. The molecule has 17 heavy (non-hydrogen) atoms. The van der Waals surface area contributed by atoms with Gasteiger partial charge in [0.1, 0.15) is 5.75 Å². The summed E-state index contributed by atoms with van der Waals surface area (Å²) < 4.78 is 5.79. The molecule has 0 N–H and O–H groups in total. The normalized spacial score (nSPS) is 31.4. The van der Waals surface area contributed by atoms with Gasteiger partial charge in [0.25, 0.3) is 0 Å². The van der Waals surface area contributed by atoms with Gasteiger partial charge < -0.3 is 9.64 Å². The zero-order valence-electron chi connectivity index (χ0n) is 10.3. The summed E-state index contributed by atoms with van der Waals surface area (Å²) in [5.74, 6) is 2.00. The zero-order chi connectivity index (χ0) is 11.5. The maximum absolute atomic E-state index is 5.79. The van der Waals surface area contributed by atoms with Crippen molar-refractivity contribution in [3.8, 4) is 5.75 Å². The van der Waals surface area contributed by atoms with Crippen molar-refractivity contribution in [2.75, 3.05) is 19.7 Å². The maximum Gasteiger partial charge on any atom is 0.119 e. The monoisotopic (exact) mass is 231 g/mol. The molecule has 0 saturated carbocycles. The molecule has 0 aromatic heterocycles. The number of hydrogen-bond donors (Lipinski definition) is 0. The lowest BCUT2D eigenvalue weighted by Crippen LogP contribution is -2.49. The number of para-hydroxylation sites is 1. The summed E-state index contributed by atoms with van der Waals surface area (Å²) in [6.07, 6.45) is 5.44. The van der Waals surface area contributed by atoms with Crippen LogP contribution in [0.4, 0.5) is 0 Å². The van der Waals surface area contributed by atoms with Crippen molar-refractivity contribution in [1.82, 2.24) is 4.90 Å². The minimum Gasteiger partial charge on any atom is -0.494 e. The molecule has 2 heteroatoms. The van der Waals surface area contributed by atoms with E-state index in [1.165, 1.54) is 38.8 Å². The van der Waals surface area contributed by atoms with Gasteiger partial charge in [0, 0.05) is 6.04 Å². The SMILES string of the molecule is c1ccc(OCCC2CC3CCN2CC3)cc1. The lowest BCUT2D eigenvalue weighted by atomic mass is 9.82. The summed E-state index contributed by atoms with van der Waals surface area (Å²) in [4.78, 5) is 2.66. The van der Waals surface area contributed by atoms with Crippen LogP contribution in [0.25, 0.3) is 0 Å². The van der Waals surface area contributed by atoms with E-state index in [4.69, 9.17) is 4.74 Å². The third-order valence-electron chi connectivity index (χ3n) is 4.23. The molecule has 1 unspecified atom stereocenters. The molecule has 3 aliphatic rings. The molecule has 2 nitrogen and oxygen atoms in total. The predicted octanol–water partition coefficient (Wildman–Crippen LogP) is 2.94. The molecule has 1 aromatic carbocycles. The summed E-state index contributed by atoms with van der Waals surface area (Å²) >= 11 is 0. The van der Waals surface area contributed by atoms with E-state index in [1.807, 2.05) is 30.3 Å². The molecule has 4 rings (SSSR count). The Kier molecular flexibility index (Phi) is 3.32. The Labute approximate surface area is 104 Å². The fourth-order valence-corrected chi connectivity index (χ4v) is 3.22. The number of piperidine rings is 3. The van der Waals surface area contributed by atoms with Gasteiger partial charge >= 0.3 is 0 Å². The molecule has 92 valence electrons. The highest BCUT2D eigenvalue weighted by molar-refractivity contribution is 5.20. The summed E-state index contributed by atoms with van der Waals surface area (Å²) in [6, 6.07) is 10.9. The number of fused-ring (bicyclic) bond motifs is 3. The van der Waals surface area contributed by atoms with Gasteiger partial charge in [-0.15, -0.1) is 0 Å². The molecule has 2 bridgehead atoms. The molecule has 3 fully saturated rings. The average molecular weight is 231 g/mol. The Morgan fingerprint density at radius 3 is 2.53 bits per heavy atom. The molecule has 3 saturated heterocycles. The number of hydrogen-bond acceptors (Lipinski definition) is 2. The van der Waals surface area contributed by atoms with E-state index in [1.54, 1.807) is 0 Å². The summed E-state index contributed by atoms with van der Waals surface area (Å²) in [6.45, 7) is 3.50. The predicted molar refractivity (Wildman–Crippen MR) is 69.3 cm³/mol. The van der Waals surface area contributed by atoms with Crippen LogP contribution >= 0.6 is 0 Å². The third kappa shape index (κ3) is 2.63. The van der Waals surface area contributed by atoms with Crippen LogP contribution in [-0.2, 0) is 0 Å². The van der Waals surface area contributed by atoms with Crippen LogP contribution in [-0.4, -0.2) is 30.6 Å². The smallest absolute Gasteiger partial charge is 0.119 e. The van der Waals surface area contributed by atoms with E-state index in [9.17, 15) is 0 Å². The van der Waals surface area contributed by atoms with Gasteiger partial charge in [-0.3, -0.25) is 0 Å². The van der Waals surface area contributed by atoms with Crippen molar-refractivity contribution in [3.05, 3.63) is 30.3 Å². The molecule has 1 atom stereocenters. The van der Waals surface area contributed by atoms with Crippen molar-refractivity contribution in [2.45, 2.75) is 31.7 Å². The van der Waals surface area contributed by atoms with Crippen LogP contribution < -0.4 is 4.74 Å². The fraction of sp³-hybridized carbons (Fsp3) is 0.600. The first-order valence-corrected chi connectivity index (χ1v) is 6.84. The first kappa shape index (κ1) is 11.1. The molecule has 0 spiro atoms. The van der Waals surface area contributed by atoms with Gasteiger partial charge in [-0.25, -0.2) is 0 Å². The second-order valence-electron chi connectivity index (χ2n) is 5.32. The van der Waals surface area contributed by atoms with Gasteiger partial charge in [0.2, 0.25) is 0 Å². The van der Waals surface area contributed by atoms with Crippen LogP contribution in [0.15, 0.2) is 30.3 Å². The summed E-state index contributed by atoms with van der Waals surface area (Å²) in [5, 5.41) is 0. The number of nitrogens with zero attached hydrogens (tertiary/aromatic N) is 1. The average Bonchev–Trinajstić information content (AvgIpc) is 2.41. The van der Waals surface area contributed by atoms with Crippen LogP contribution in [0.1, 0.15) is 25.7 Å². The van der Waals surface area contributed by atoms with E-state index in [-0.39, 0.29) is 0 Å². The molecular formula is C15H21NO. The first-order chi connectivity index (χ1) is 8.42. The molecule has 0 aliphatic carbocycles. The molecule has 3 heterocycles. The minimum atomic E-state index is 0.784. The van der Waals surface area contributed by atoms with Crippen molar-refractivity contribution in [3.63, 3.8) is 0 Å². The Bertz CT molecular complexity index is 343. The summed E-state index contributed by atoms with van der Waals surface area (Å²) in [7, 11) is 0. The highest BCUT2D eigenvalue weighted by Gasteiger charge is 2.32. The van der Waals surface area contributed by atoms with Crippen LogP contribution in [0.3, 0.4) is 0 Å². The second kappa shape index (κ2) is 5.09. The van der Waals surface area contributed by atoms with Crippen molar-refractivity contribution >= 4 is 0 Å². The van der Waals surface area contributed by atoms with Gasteiger partial charge in [0.05, 0.1) is 6.61 Å². The molecule has 3 aliphatic heterocycles. The Balaban J connectivity index is 1.46. The number of ether oxygens (including phenoxy) is 1. The molecule has 1 aromatic rings. The van der Waals surface area contributed by atoms with Crippen LogP contribution in [0.5, 0.6) is 5.75 Å². The van der Waals surface area contributed by atoms with E-state index in [0.717, 1.165) is 24.3 Å². The molecule has 0 amide bonds. The van der Waals surface area contributed by atoms with Gasteiger partial charge in [-0.05, 0) is 56.8 Å². The fourth-order valence-electron chi connectivity index (χ4n) is 3.22. The van der Waals surface area contributed by atoms with Gasteiger partial charge in [0.15, 0.2) is 0 Å². The van der Waals surface area contributed by atoms with E-state index in [0.29, 0.717) is 0 Å². The Morgan fingerprint density at radius 1 is 1.12 bits per heavy atom. The lowest BCUT2D eigenvalue weighted by molar-refractivity contribution is 0.0380. The lowest BCUT2D eigenvalue weighted by Gasteiger charge is -2.45. The van der Waals surface area contributed by atoms with E-state index < -0.39 is 0 Å². The van der Waals surface area contributed by atoms with Crippen molar-refractivity contribution in [2.24, 2.45) is 5.92 Å². The molecular weight excluding hydrogens is 210 g/mol. The van der Waals surface area contributed by atoms with Gasteiger partial charge in [-0.1, -0.05) is 18.2 Å². The minimum absolute atomic E-state index is 0.784. The quantitative estimate of drug-likeness (QED) is 0.790. The second-order valence-corrected chi connectivity index (χ2v) is 5.32. The largest absolute Gasteiger partial charge is 0.494 e. The van der Waals surface area contributed by atoms with E-state index >= 15 is 0 Å². The van der Waals surface area contributed by atoms with Gasteiger partial charge in [-0.2, -0.15) is 0 Å². The van der Waals surface area contributed by atoms with Crippen LogP contribution in [0.2, 0.25) is 0 Å². The number of rotatable bonds is 4. The highest BCUT2D eigenvalue weighted by atomic mass is 16.5. The third-order valence-corrected chi connectivity index (χ3v) is 4.23. The van der Waals surface area contributed by atoms with Crippen molar-refractivity contribution < 1.29 is 4.74 Å². The van der Waals surface area contributed by atoms with Crippen molar-refractivity contribution in [1.29, 1.82) is 0 Å². The highest BCUT2D eigenvalue weighted by Crippen LogP contribution is 2.33. The van der Waals surface area contributed by atoms with E-state index in [2.05, 4.69) is 4.90 Å². The molecule has 0 radical (unpaired) electrons. The Hall–Kier alpha value is -1.02. The summed E-state index contributed by atoms with van der Waals surface area (Å²) in [5.41, 5.74) is 0. The Morgan fingerprint density at radius 2 is 1.88 bits per heavy atom. The van der Waals surface area contributed by atoms with Crippen LogP contribution in [0, 0.1) is 5.92 Å². The standard InChI is InChI=1S/C15H21NO/c1-2-4-15(5-3-1)17-11-8-14-12-13-6-9-16(14)10-7-13/h1-5,13-14H,6-12H2.